The number of carbonyl (C=O) groups excluding carboxylic acids is 1. The Morgan fingerprint density at radius 1 is 1.15 bits per heavy atom. The smallest absolute Gasteiger partial charge is 0.243 e. The summed E-state index contributed by atoms with van der Waals surface area (Å²) in [6, 6.07) is 5.22. The second kappa shape index (κ2) is 8.06. The van der Waals surface area contributed by atoms with Gasteiger partial charge in [0.15, 0.2) is 0 Å². The molecule has 2 aliphatic rings. The van der Waals surface area contributed by atoms with Crippen molar-refractivity contribution in [3.8, 4) is 0 Å². The molecule has 1 aliphatic heterocycles. The summed E-state index contributed by atoms with van der Waals surface area (Å²) in [4.78, 5) is 12.7. The zero-order chi connectivity index (χ0) is 18.7. The lowest BCUT2D eigenvalue weighted by atomic mass is 10.1. The molecule has 1 saturated carbocycles. The summed E-state index contributed by atoms with van der Waals surface area (Å²) >= 11 is 0. The normalized spacial score (nSPS) is 25.0. The Kier molecular flexibility index (Phi) is 5.99. The van der Waals surface area contributed by atoms with Gasteiger partial charge in [-0.1, -0.05) is 18.9 Å². The van der Waals surface area contributed by atoms with Crippen LogP contribution in [0, 0.1) is 12.8 Å². The molecule has 2 fully saturated rings. The largest absolute Gasteiger partial charge is 0.328 e. The van der Waals surface area contributed by atoms with Gasteiger partial charge in [0.05, 0.1) is 4.90 Å². The first-order valence-corrected chi connectivity index (χ1v) is 11.0. The van der Waals surface area contributed by atoms with Crippen LogP contribution in [0.3, 0.4) is 0 Å². The molecule has 2 atom stereocenters. The van der Waals surface area contributed by atoms with Gasteiger partial charge in [0, 0.05) is 30.7 Å². The van der Waals surface area contributed by atoms with Crippen molar-refractivity contribution in [2.45, 2.75) is 62.8 Å². The fourth-order valence-corrected chi connectivity index (χ4v) is 5.64. The Hall–Kier alpha value is -1.44. The number of anilines is 1. The number of aryl methyl sites for hydroxylation is 1. The van der Waals surface area contributed by atoms with E-state index in [-0.39, 0.29) is 17.9 Å². The molecule has 0 bridgehead atoms. The first-order chi connectivity index (χ1) is 12.4. The molecule has 144 valence electrons. The van der Waals surface area contributed by atoms with E-state index in [4.69, 9.17) is 5.73 Å². The van der Waals surface area contributed by atoms with Crippen LogP contribution >= 0.6 is 0 Å². The lowest BCUT2D eigenvalue weighted by Gasteiger charge is -2.22. The molecule has 7 heteroatoms. The molecule has 0 aromatic heterocycles. The van der Waals surface area contributed by atoms with Crippen LogP contribution in [-0.4, -0.2) is 37.8 Å². The molecule has 1 aromatic rings. The molecule has 1 heterocycles. The number of nitrogens with two attached hydrogens (primary N) is 1. The van der Waals surface area contributed by atoms with Gasteiger partial charge < -0.3 is 11.1 Å². The average Bonchev–Trinajstić information content (AvgIpc) is 2.86. The predicted molar refractivity (Wildman–Crippen MR) is 102 cm³/mol. The Morgan fingerprint density at radius 2 is 1.85 bits per heavy atom. The summed E-state index contributed by atoms with van der Waals surface area (Å²) in [5.74, 6) is -0.156. The lowest BCUT2D eigenvalue weighted by molar-refractivity contribution is -0.119. The Labute approximate surface area is 156 Å². The number of hydrogen-bond acceptors (Lipinski definition) is 4. The van der Waals surface area contributed by atoms with Crippen LogP contribution in [0.5, 0.6) is 0 Å². The zero-order valence-corrected chi connectivity index (χ0v) is 16.2. The van der Waals surface area contributed by atoms with Gasteiger partial charge in [0.1, 0.15) is 0 Å². The molecule has 1 aliphatic carbocycles. The Morgan fingerprint density at radius 3 is 2.46 bits per heavy atom. The van der Waals surface area contributed by atoms with Crippen LogP contribution in [-0.2, 0) is 14.8 Å². The molecule has 6 nitrogen and oxygen atoms in total. The van der Waals surface area contributed by atoms with Gasteiger partial charge in [-0.15, -0.1) is 0 Å². The topological polar surface area (TPSA) is 92.5 Å². The van der Waals surface area contributed by atoms with E-state index in [1.165, 1.54) is 0 Å². The zero-order valence-electron chi connectivity index (χ0n) is 15.4. The number of amides is 1. The van der Waals surface area contributed by atoms with E-state index in [1.807, 2.05) is 0 Å². The highest BCUT2D eigenvalue weighted by Crippen LogP contribution is 2.28. The van der Waals surface area contributed by atoms with Gasteiger partial charge in [0.25, 0.3) is 0 Å². The number of sulfonamides is 1. The summed E-state index contributed by atoms with van der Waals surface area (Å²) in [6.45, 7) is 2.93. The molecule has 26 heavy (non-hydrogen) atoms. The van der Waals surface area contributed by atoms with Crippen LogP contribution < -0.4 is 11.1 Å². The maximum atomic E-state index is 13.1. The van der Waals surface area contributed by atoms with Crippen molar-refractivity contribution >= 4 is 21.6 Å². The van der Waals surface area contributed by atoms with Crippen LogP contribution in [0.4, 0.5) is 5.69 Å². The van der Waals surface area contributed by atoms with Crippen molar-refractivity contribution in [1.82, 2.24) is 4.31 Å². The SMILES string of the molecule is Cc1ccc(NC(=O)C2CCC(N)C2)cc1S(=O)(=O)N1CCCCCC1. The highest BCUT2D eigenvalue weighted by molar-refractivity contribution is 7.89. The van der Waals surface area contributed by atoms with Crippen molar-refractivity contribution in [2.24, 2.45) is 11.7 Å². The third-order valence-electron chi connectivity index (χ3n) is 5.48. The number of benzene rings is 1. The highest BCUT2D eigenvalue weighted by atomic mass is 32.2. The number of nitrogens with zero attached hydrogens (tertiary/aromatic N) is 1. The predicted octanol–water partition coefficient (Wildman–Crippen LogP) is 2.63. The van der Waals surface area contributed by atoms with E-state index in [9.17, 15) is 13.2 Å². The van der Waals surface area contributed by atoms with Crippen LogP contribution in [0.25, 0.3) is 0 Å². The monoisotopic (exact) mass is 379 g/mol. The van der Waals surface area contributed by atoms with E-state index < -0.39 is 10.0 Å². The van der Waals surface area contributed by atoms with Gasteiger partial charge in [-0.3, -0.25) is 4.79 Å². The molecule has 2 unspecified atom stereocenters. The van der Waals surface area contributed by atoms with Gasteiger partial charge >= 0.3 is 0 Å². The van der Waals surface area contributed by atoms with Gasteiger partial charge in [0.2, 0.25) is 15.9 Å². The number of carbonyl (C=O) groups is 1. The summed E-state index contributed by atoms with van der Waals surface area (Å²) in [5.41, 5.74) is 7.13. The van der Waals surface area contributed by atoms with Crippen molar-refractivity contribution in [3.05, 3.63) is 23.8 Å². The summed E-state index contributed by atoms with van der Waals surface area (Å²) in [7, 11) is -3.54. The maximum absolute atomic E-state index is 13.1. The number of rotatable bonds is 4. The summed E-state index contributed by atoms with van der Waals surface area (Å²) < 4.78 is 27.8. The Bertz CT molecular complexity index is 755. The fourth-order valence-electron chi connectivity index (χ4n) is 3.88. The van der Waals surface area contributed by atoms with Crippen LogP contribution in [0.2, 0.25) is 0 Å². The van der Waals surface area contributed by atoms with Gasteiger partial charge in [-0.05, 0) is 56.7 Å². The molecule has 1 aromatic carbocycles. The van der Waals surface area contributed by atoms with Crippen molar-refractivity contribution in [2.75, 3.05) is 18.4 Å². The standard InChI is InChI=1S/C19H29N3O3S/c1-14-6-9-17(21-19(23)15-7-8-16(20)12-15)13-18(14)26(24,25)22-10-4-2-3-5-11-22/h6,9,13,15-16H,2-5,7-8,10-12,20H2,1H3,(H,21,23). The second-order valence-corrected chi connectivity index (χ2v) is 9.46. The molecule has 1 saturated heterocycles. The van der Waals surface area contributed by atoms with Crippen molar-refractivity contribution in [3.63, 3.8) is 0 Å². The summed E-state index contributed by atoms with van der Waals surface area (Å²) in [5, 5.41) is 2.88. The molecule has 0 spiro atoms. The van der Waals surface area contributed by atoms with E-state index in [0.29, 0.717) is 35.7 Å². The molecular weight excluding hydrogens is 350 g/mol. The quantitative estimate of drug-likeness (QED) is 0.841. The van der Waals surface area contributed by atoms with Crippen LogP contribution in [0.1, 0.15) is 50.5 Å². The van der Waals surface area contributed by atoms with E-state index >= 15 is 0 Å². The van der Waals surface area contributed by atoms with Gasteiger partial charge in [-0.25, -0.2) is 8.42 Å². The number of nitrogens with one attached hydrogen (secondary N) is 1. The lowest BCUT2D eigenvalue weighted by Crippen LogP contribution is -2.32. The minimum atomic E-state index is -3.54. The minimum absolute atomic E-state index is 0.0695. The third kappa shape index (κ3) is 4.27. The average molecular weight is 380 g/mol. The van der Waals surface area contributed by atoms with E-state index in [2.05, 4.69) is 5.32 Å². The van der Waals surface area contributed by atoms with E-state index in [1.54, 1.807) is 29.4 Å². The third-order valence-corrected chi connectivity index (χ3v) is 7.52. The van der Waals surface area contributed by atoms with E-state index in [0.717, 1.165) is 38.5 Å². The van der Waals surface area contributed by atoms with Gasteiger partial charge in [-0.2, -0.15) is 4.31 Å². The first kappa shape index (κ1) is 19.3. The van der Waals surface area contributed by atoms with Crippen molar-refractivity contribution in [1.29, 1.82) is 0 Å². The van der Waals surface area contributed by atoms with Crippen molar-refractivity contribution < 1.29 is 13.2 Å². The molecule has 3 rings (SSSR count). The molecule has 3 N–H and O–H groups in total. The maximum Gasteiger partial charge on any atom is 0.243 e. The first-order valence-electron chi connectivity index (χ1n) is 9.55. The Balaban J connectivity index is 1.79. The molecular formula is C19H29N3O3S. The second-order valence-electron chi connectivity index (χ2n) is 7.56. The minimum Gasteiger partial charge on any atom is -0.328 e. The molecule has 1 amide bonds. The highest BCUT2D eigenvalue weighted by Gasteiger charge is 2.29. The molecule has 0 radical (unpaired) electrons. The van der Waals surface area contributed by atoms with Crippen LogP contribution in [0.15, 0.2) is 23.1 Å². The summed E-state index contributed by atoms with van der Waals surface area (Å²) in [6.07, 6.45) is 6.29. The fraction of sp³-hybridized carbons (Fsp3) is 0.632. The number of hydrogen-bond donors (Lipinski definition) is 2.